The van der Waals surface area contributed by atoms with Gasteiger partial charge in [0.2, 0.25) is 0 Å². The highest BCUT2D eigenvalue weighted by atomic mass is 31.1. The van der Waals surface area contributed by atoms with Crippen molar-refractivity contribution in [1.82, 2.24) is 14.5 Å². The van der Waals surface area contributed by atoms with Crippen LogP contribution in [0.1, 0.15) is 6.23 Å². The van der Waals surface area contributed by atoms with Gasteiger partial charge in [-0.1, -0.05) is 0 Å². The summed E-state index contributed by atoms with van der Waals surface area (Å²) in [5, 5.41) is 29.4. The second-order valence-corrected chi connectivity index (χ2v) is 5.21. The lowest BCUT2D eigenvalue weighted by molar-refractivity contribution is -0.0508. The van der Waals surface area contributed by atoms with Gasteiger partial charge in [0.05, 0.1) is 12.0 Å². The highest BCUT2D eigenvalue weighted by molar-refractivity contribution is 7.30. The molecule has 23 heavy (non-hydrogen) atoms. The van der Waals surface area contributed by atoms with Gasteiger partial charge in [-0.25, -0.2) is 9.97 Å². The number of ether oxygens (including phenoxy) is 1. The number of nitrogens with zero attached hydrogens (tertiary/aromatic N) is 3. The highest BCUT2D eigenvalue weighted by Crippen LogP contribution is 2.32. The first-order valence-corrected chi connectivity index (χ1v) is 7.57. The molecule has 0 aromatic carbocycles. The van der Waals surface area contributed by atoms with E-state index in [9.17, 15) is 10.2 Å². The highest BCUT2D eigenvalue weighted by Gasteiger charge is 2.43. The molecule has 3 heterocycles. The summed E-state index contributed by atoms with van der Waals surface area (Å²) < 4.78 is 15.7. The van der Waals surface area contributed by atoms with Crippen molar-refractivity contribution in [3.63, 3.8) is 0 Å². The SMILES string of the molecule is Nc1ncnc2c1ccn2[C@@H]1O[C@H](CO)[C@@H](O)[C@H]1O.O=[P+](O)O. The largest absolute Gasteiger partial charge is 0.692 e. The number of aliphatic hydroxyl groups is 3. The maximum Gasteiger partial charge on any atom is 0.692 e. The molecule has 0 amide bonds. The summed E-state index contributed by atoms with van der Waals surface area (Å²) >= 11 is 0. The van der Waals surface area contributed by atoms with Crippen LogP contribution in [-0.4, -0.2) is 64.6 Å². The fourth-order valence-corrected chi connectivity index (χ4v) is 2.31. The van der Waals surface area contributed by atoms with Crippen LogP contribution in [0.3, 0.4) is 0 Å². The number of aliphatic hydroxyl groups excluding tert-OH is 3. The van der Waals surface area contributed by atoms with Crippen LogP contribution in [0.25, 0.3) is 11.0 Å². The number of nitrogen functional groups attached to an aromatic ring is 1. The van der Waals surface area contributed by atoms with E-state index in [4.69, 9.17) is 29.9 Å². The van der Waals surface area contributed by atoms with E-state index < -0.39 is 32.8 Å². The molecule has 126 valence electrons. The minimum atomic E-state index is -2.87. The summed E-state index contributed by atoms with van der Waals surface area (Å²) in [5.41, 5.74) is 6.23. The van der Waals surface area contributed by atoms with Crippen molar-refractivity contribution in [3.8, 4) is 0 Å². The Kier molecular flexibility index (Phi) is 5.55. The molecule has 0 saturated carbocycles. The van der Waals surface area contributed by atoms with Gasteiger partial charge < -0.3 is 30.4 Å². The van der Waals surface area contributed by atoms with Gasteiger partial charge in [0.25, 0.3) is 0 Å². The molecule has 1 saturated heterocycles. The lowest BCUT2D eigenvalue weighted by atomic mass is 10.1. The fourth-order valence-electron chi connectivity index (χ4n) is 2.31. The summed E-state index contributed by atoms with van der Waals surface area (Å²) in [6.07, 6.45) is -0.975. The zero-order valence-corrected chi connectivity index (χ0v) is 12.6. The van der Waals surface area contributed by atoms with Gasteiger partial charge >= 0.3 is 8.25 Å². The molecule has 2 aromatic rings. The van der Waals surface area contributed by atoms with E-state index in [1.165, 1.54) is 6.33 Å². The third kappa shape index (κ3) is 3.62. The number of anilines is 1. The van der Waals surface area contributed by atoms with E-state index in [0.717, 1.165) is 0 Å². The minimum Gasteiger partial charge on any atom is -0.394 e. The average molecular weight is 347 g/mol. The van der Waals surface area contributed by atoms with Gasteiger partial charge in [0, 0.05) is 10.8 Å². The Hall–Kier alpha value is -1.72. The van der Waals surface area contributed by atoms with Gasteiger partial charge in [-0.3, -0.25) is 0 Å². The predicted octanol–water partition coefficient (Wildman–Crippen LogP) is -1.75. The standard InChI is InChI=1S/C11H14N4O4.HO3P/c12-9-5-1-2-15(10(5)14-4-13-9)11-8(18)7(17)6(3-16)19-11;1-4(2)3/h1-2,4,6-8,11,16-18H,3H2,(H2,12,13,14);(H-,1,2,3)/p+1/t6-,7-,8-,11-;/m1./s1. The molecule has 0 bridgehead atoms. The van der Waals surface area contributed by atoms with Gasteiger partial charge in [-0.15, -0.1) is 9.79 Å². The Labute approximate surface area is 130 Å². The van der Waals surface area contributed by atoms with Crippen molar-refractivity contribution in [3.05, 3.63) is 18.6 Å². The molecule has 4 atom stereocenters. The van der Waals surface area contributed by atoms with Crippen LogP contribution >= 0.6 is 8.25 Å². The first-order valence-electron chi connectivity index (χ1n) is 6.41. The third-order valence-electron chi connectivity index (χ3n) is 3.33. The second-order valence-electron chi connectivity index (χ2n) is 4.70. The molecule has 1 aliphatic rings. The molecule has 1 fully saturated rings. The van der Waals surface area contributed by atoms with Crippen molar-refractivity contribution in [2.45, 2.75) is 24.5 Å². The molecule has 0 aliphatic carbocycles. The molecule has 11 nitrogen and oxygen atoms in total. The normalized spacial score (nSPS) is 26.8. The first-order chi connectivity index (χ1) is 10.9. The van der Waals surface area contributed by atoms with E-state index in [1.807, 2.05) is 0 Å². The maximum absolute atomic E-state index is 9.98. The zero-order chi connectivity index (χ0) is 17.1. The van der Waals surface area contributed by atoms with Gasteiger partial charge in [0.1, 0.15) is 36.1 Å². The molecule has 0 unspecified atom stereocenters. The molecule has 2 aromatic heterocycles. The summed E-state index contributed by atoms with van der Waals surface area (Å²) in [6, 6.07) is 1.71. The Morgan fingerprint density at radius 1 is 1.30 bits per heavy atom. The summed E-state index contributed by atoms with van der Waals surface area (Å²) in [7, 11) is -2.87. The molecule has 12 heteroatoms. The predicted molar refractivity (Wildman–Crippen MR) is 77.0 cm³/mol. The average Bonchev–Trinajstić information content (AvgIpc) is 3.02. The summed E-state index contributed by atoms with van der Waals surface area (Å²) in [4.78, 5) is 22.2. The van der Waals surface area contributed by atoms with E-state index >= 15 is 0 Å². The number of aromatic nitrogens is 3. The van der Waals surface area contributed by atoms with Crippen LogP contribution in [0.4, 0.5) is 5.82 Å². The Bertz CT molecular complexity index is 692. The van der Waals surface area contributed by atoms with Gasteiger partial charge in [-0.2, -0.15) is 0 Å². The van der Waals surface area contributed by atoms with Crippen molar-refractivity contribution in [2.24, 2.45) is 0 Å². The van der Waals surface area contributed by atoms with Crippen LogP contribution in [0.5, 0.6) is 0 Å². The monoisotopic (exact) mass is 347 g/mol. The van der Waals surface area contributed by atoms with Gasteiger partial charge in [-0.05, 0) is 6.07 Å². The Morgan fingerprint density at radius 3 is 2.52 bits per heavy atom. The van der Waals surface area contributed by atoms with Crippen LogP contribution in [-0.2, 0) is 9.30 Å². The molecule has 0 spiro atoms. The number of hydrogen-bond donors (Lipinski definition) is 6. The zero-order valence-electron chi connectivity index (χ0n) is 11.7. The molecular formula is C11H16N4O7P+. The lowest BCUT2D eigenvalue weighted by Gasteiger charge is -2.17. The van der Waals surface area contributed by atoms with E-state index in [1.54, 1.807) is 16.8 Å². The maximum atomic E-state index is 9.98. The topological polar surface area (TPSA) is 184 Å². The quantitative estimate of drug-likeness (QED) is 0.340. The van der Waals surface area contributed by atoms with Crippen LogP contribution in [0.15, 0.2) is 18.6 Å². The van der Waals surface area contributed by atoms with Crippen molar-refractivity contribution < 1.29 is 34.4 Å². The Morgan fingerprint density at radius 2 is 1.96 bits per heavy atom. The smallest absolute Gasteiger partial charge is 0.394 e. The van der Waals surface area contributed by atoms with Crippen molar-refractivity contribution >= 4 is 25.1 Å². The van der Waals surface area contributed by atoms with Gasteiger partial charge in [0.15, 0.2) is 6.23 Å². The molecule has 3 rings (SSSR count). The number of rotatable bonds is 2. The van der Waals surface area contributed by atoms with Crippen molar-refractivity contribution in [1.29, 1.82) is 0 Å². The number of hydrogen-bond acceptors (Lipinski definition) is 8. The molecule has 1 aliphatic heterocycles. The third-order valence-corrected chi connectivity index (χ3v) is 3.33. The Balaban J connectivity index is 0.000000433. The number of fused-ring (bicyclic) bond motifs is 1. The van der Waals surface area contributed by atoms with E-state index in [-0.39, 0.29) is 6.61 Å². The van der Waals surface area contributed by atoms with Crippen LogP contribution in [0.2, 0.25) is 0 Å². The van der Waals surface area contributed by atoms with Crippen LogP contribution in [0, 0.1) is 0 Å². The van der Waals surface area contributed by atoms with Crippen LogP contribution < -0.4 is 5.73 Å². The lowest BCUT2D eigenvalue weighted by Crippen LogP contribution is -2.33. The molecular weight excluding hydrogens is 331 g/mol. The van der Waals surface area contributed by atoms with Crippen molar-refractivity contribution in [2.75, 3.05) is 12.3 Å². The summed E-state index contributed by atoms with van der Waals surface area (Å²) in [6.45, 7) is -0.370. The second kappa shape index (κ2) is 7.23. The number of nitrogens with two attached hydrogens (primary N) is 1. The van der Waals surface area contributed by atoms with E-state index in [2.05, 4.69) is 9.97 Å². The first kappa shape index (κ1) is 17.6. The minimum absolute atomic E-state index is 0.329. The fraction of sp³-hybridized carbons (Fsp3) is 0.455. The molecule has 0 radical (unpaired) electrons. The molecule has 7 N–H and O–H groups in total. The van der Waals surface area contributed by atoms with E-state index in [0.29, 0.717) is 16.9 Å². The summed E-state index contributed by atoms with van der Waals surface area (Å²) in [5.74, 6) is 0.329.